The summed E-state index contributed by atoms with van der Waals surface area (Å²) in [4.78, 5) is 11.7. The smallest absolute Gasteiger partial charge is 0.226 e. The van der Waals surface area contributed by atoms with Crippen molar-refractivity contribution < 1.29 is 4.79 Å². The minimum atomic E-state index is -0.514. The lowest BCUT2D eigenvalue weighted by atomic mass is 9.93. The van der Waals surface area contributed by atoms with Crippen molar-refractivity contribution in [2.24, 2.45) is 18.2 Å². The third-order valence-electron chi connectivity index (χ3n) is 2.56. The summed E-state index contributed by atoms with van der Waals surface area (Å²) in [7, 11) is 1.88. The van der Waals surface area contributed by atoms with Gasteiger partial charge in [-0.3, -0.25) is 4.79 Å². The fourth-order valence-electron chi connectivity index (χ4n) is 1.15. The molecule has 6 heteroatoms. The maximum atomic E-state index is 11.7. The Bertz CT molecular complexity index is 358. The van der Waals surface area contributed by atoms with Crippen LogP contribution in [0.3, 0.4) is 0 Å². The SMILES string of the molecule is Cn1cnnc1CCNC(=O)C(C)(C)CN. The molecule has 0 fully saturated rings. The zero-order valence-corrected chi connectivity index (χ0v) is 10.0. The second kappa shape index (κ2) is 5.07. The van der Waals surface area contributed by atoms with E-state index in [1.54, 1.807) is 6.33 Å². The molecule has 0 saturated carbocycles. The topological polar surface area (TPSA) is 85.8 Å². The van der Waals surface area contributed by atoms with Crippen molar-refractivity contribution in [3.63, 3.8) is 0 Å². The Hall–Kier alpha value is -1.43. The lowest BCUT2D eigenvalue weighted by molar-refractivity contribution is -0.128. The van der Waals surface area contributed by atoms with Gasteiger partial charge in [-0.15, -0.1) is 10.2 Å². The summed E-state index contributed by atoms with van der Waals surface area (Å²) < 4.78 is 1.83. The van der Waals surface area contributed by atoms with E-state index in [4.69, 9.17) is 5.73 Å². The van der Waals surface area contributed by atoms with Gasteiger partial charge >= 0.3 is 0 Å². The first-order chi connectivity index (χ1) is 7.47. The molecule has 0 aromatic carbocycles. The normalized spacial score (nSPS) is 11.5. The molecule has 0 spiro atoms. The van der Waals surface area contributed by atoms with Gasteiger partial charge in [-0.05, 0) is 13.8 Å². The summed E-state index contributed by atoms with van der Waals surface area (Å²) in [6.07, 6.45) is 2.31. The van der Waals surface area contributed by atoms with E-state index >= 15 is 0 Å². The lowest BCUT2D eigenvalue weighted by Gasteiger charge is -2.21. The molecule has 0 radical (unpaired) electrons. The Kier molecular flexibility index (Phi) is 4.00. The van der Waals surface area contributed by atoms with Crippen LogP contribution in [0.1, 0.15) is 19.7 Å². The van der Waals surface area contributed by atoms with Crippen LogP contribution in [0.5, 0.6) is 0 Å². The van der Waals surface area contributed by atoms with E-state index in [-0.39, 0.29) is 5.91 Å². The van der Waals surface area contributed by atoms with E-state index in [1.807, 2.05) is 25.5 Å². The maximum absolute atomic E-state index is 11.7. The number of hydrogen-bond donors (Lipinski definition) is 2. The van der Waals surface area contributed by atoms with Crippen molar-refractivity contribution >= 4 is 5.91 Å². The minimum Gasteiger partial charge on any atom is -0.355 e. The molecule has 1 aromatic rings. The first-order valence-electron chi connectivity index (χ1n) is 5.28. The summed E-state index contributed by atoms with van der Waals surface area (Å²) in [5.41, 5.74) is 5.00. The van der Waals surface area contributed by atoms with Gasteiger partial charge in [0.1, 0.15) is 12.2 Å². The Labute approximate surface area is 95.2 Å². The molecule has 1 heterocycles. The number of nitrogens with two attached hydrogens (primary N) is 1. The molecule has 0 saturated heterocycles. The Morgan fingerprint density at radius 1 is 1.62 bits per heavy atom. The van der Waals surface area contributed by atoms with E-state index in [0.29, 0.717) is 19.5 Å². The van der Waals surface area contributed by atoms with E-state index in [9.17, 15) is 4.79 Å². The van der Waals surface area contributed by atoms with Gasteiger partial charge in [-0.25, -0.2) is 0 Å². The summed E-state index contributed by atoms with van der Waals surface area (Å²) in [5, 5.41) is 10.5. The number of aryl methyl sites for hydroxylation is 1. The van der Waals surface area contributed by atoms with Gasteiger partial charge in [-0.1, -0.05) is 0 Å². The predicted molar refractivity (Wildman–Crippen MR) is 60.6 cm³/mol. The Balaban J connectivity index is 2.37. The molecule has 90 valence electrons. The largest absolute Gasteiger partial charge is 0.355 e. The third kappa shape index (κ3) is 3.03. The average Bonchev–Trinajstić information content (AvgIpc) is 2.64. The number of aromatic nitrogens is 3. The highest BCUT2D eigenvalue weighted by Crippen LogP contribution is 2.11. The molecule has 1 rings (SSSR count). The van der Waals surface area contributed by atoms with Gasteiger partial charge in [-0.2, -0.15) is 0 Å². The number of nitrogens with zero attached hydrogens (tertiary/aromatic N) is 3. The van der Waals surface area contributed by atoms with Crippen LogP contribution < -0.4 is 11.1 Å². The van der Waals surface area contributed by atoms with E-state index in [0.717, 1.165) is 5.82 Å². The molecule has 0 aliphatic rings. The van der Waals surface area contributed by atoms with Crippen molar-refractivity contribution in [2.45, 2.75) is 20.3 Å². The Morgan fingerprint density at radius 3 is 2.81 bits per heavy atom. The standard InChI is InChI=1S/C10H19N5O/c1-10(2,6-11)9(16)12-5-4-8-14-13-7-15(8)3/h7H,4-6,11H2,1-3H3,(H,12,16). The highest BCUT2D eigenvalue weighted by Gasteiger charge is 2.25. The molecule has 16 heavy (non-hydrogen) atoms. The van der Waals surface area contributed by atoms with Crippen LogP contribution in [-0.4, -0.2) is 33.8 Å². The quantitative estimate of drug-likeness (QED) is 0.704. The lowest BCUT2D eigenvalue weighted by Crippen LogP contribution is -2.42. The molecular formula is C10H19N5O. The third-order valence-corrected chi connectivity index (χ3v) is 2.56. The molecule has 1 aromatic heterocycles. The van der Waals surface area contributed by atoms with Gasteiger partial charge in [0.05, 0.1) is 5.41 Å². The van der Waals surface area contributed by atoms with Gasteiger partial charge in [0.25, 0.3) is 0 Å². The number of amides is 1. The van der Waals surface area contributed by atoms with Crippen LogP contribution in [0.15, 0.2) is 6.33 Å². The number of hydrogen-bond acceptors (Lipinski definition) is 4. The van der Waals surface area contributed by atoms with Crippen LogP contribution in [0.2, 0.25) is 0 Å². The molecule has 6 nitrogen and oxygen atoms in total. The van der Waals surface area contributed by atoms with Crippen molar-refractivity contribution in [1.29, 1.82) is 0 Å². The minimum absolute atomic E-state index is 0.0304. The predicted octanol–water partition coefficient (Wildman–Crippen LogP) is -0.541. The van der Waals surface area contributed by atoms with Gasteiger partial charge in [0.15, 0.2) is 0 Å². The molecule has 0 unspecified atom stereocenters. The van der Waals surface area contributed by atoms with E-state index in [1.165, 1.54) is 0 Å². The van der Waals surface area contributed by atoms with Crippen molar-refractivity contribution in [3.05, 3.63) is 12.2 Å². The summed E-state index contributed by atoms with van der Waals surface area (Å²) >= 11 is 0. The van der Waals surface area contributed by atoms with Crippen molar-refractivity contribution in [1.82, 2.24) is 20.1 Å². The van der Waals surface area contributed by atoms with Gasteiger partial charge in [0, 0.05) is 26.6 Å². The number of carbonyl (C=O) groups is 1. The van der Waals surface area contributed by atoms with Crippen LogP contribution in [0.4, 0.5) is 0 Å². The van der Waals surface area contributed by atoms with Crippen LogP contribution in [0, 0.1) is 5.41 Å². The summed E-state index contributed by atoms with van der Waals surface area (Å²) in [5.74, 6) is 0.822. The molecular weight excluding hydrogens is 206 g/mol. The second-order valence-electron chi connectivity index (χ2n) is 4.45. The van der Waals surface area contributed by atoms with Crippen LogP contribution in [-0.2, 0) is 18.3 Å². The van der Waals surface area contributed by atoms with E-state index < -0.39 is 5.41 Å². The number of nitrogens with one attached hydrogen (secondary N) is 1. The summed E-state index contributed by atoms with van der Waals surface area (Å²) in [6.45, 7) is 4.53. The molecule has 3 N–H and O–H groups in total. The van der Waals surface area contributed by atoms with E-state index in [2.05, 4.69) is 15.5 Å². The number of carbonyl (C=O) groups excluding carboxylic acids is 1. The molecule has 0 atom stereocenters. The van der Waals surface area contributed by atoms with Gasteiger partial charge < -0.3 is 15.6 Å². The first-order valence-corrected chi connectivity index (χ1v) is 5.28. The highest BCUT2D eigenvalue weighted by molar-refractivity contribution is 5.81. The summed E-state index contributed by atoms with van der Waals surface area (Å²) in [6, 6.07) is 0. The number of rotatable bonds is 5. The zero-order valence-electron chi connectivity index (χ0n) is 10.0. The van der Waals surface area contributed by atoms with Gasteiger partial charge in [0.2, 0.25) is 5.91 Å². The fourth-order valence-corrected chi connectivity index (χ4v) is 1.15. The zero-order chi connectivity index (χ0) is 12.2. The fraction of sp³-hybridized carbons (Fsp3) is 0.700. The monoisotopic (exact) mass is 225 g/mol. The van der Waals surface area contributed by atoms with Crippen LogP contribution in [0.25, 0.3) is 0 Å². The highest BCUT2D eigenvalue weighted by atomic mass is 16.2. The molecule has 0 bridgehead atoms. The average molecular weight is 225 g/mol. The second-order valence-corrected chi connectivity index (χ2v) is 4.45. The van der Waals surface area contributed by atoms with Crippen molar-refractivity contribution in [2.75, 3.05) is 13.1 Å². The molecule has 0 aliphatic carbocycles. The molecule has 1 amide bonds. The first kappa shape index (κ1) is 12.6. The van der Waals surface area contributed by atoms with Crippen molar-refractivity contribution in [3.8, 4) is 0 Å². The maximum Gasteiger partial charge on any atom is 0.226 e. The van der Waals surface area contributed by atoms with Crippen LogP contribution >= 0.6 is 0 Å². The molecule has 0 aliphatic heterocycles. The Morgan fingerprint density at radius 2 is 2.31 bits per heavy atom.